The molecule has 0 radical (unpaired) electrons. The first kappa shape index (κ1) is 12.1. The van der Waals surface area contributed by atoms with Crippen LogP contribution in [0.5, 0.6) is 0 Å². The molecule has 0 aliphatic rings. The summed E-state index contributed by atoms with van der Waals surface area (Å²) < 4.78 is 0. The average molecular weight is 238 g/mol. The summed E-state index contributed by atoms with van der Waals surface area (Å²) in [4.78, 5) is 11.0. The average Bonchev–Trinajstić information content (AvgIpc) is 2.41. The second kappa shape index (κ2) is 5.32. The van der Waals surface area contributed by atoms with Gasteiger partial charge in [0, 0.05) is 0 Å². The summed E-state index contributed by atoms with van der Waals surface area (Å²) in [5.74, 6) is -1.52. The molecule has 1 N–H and O–H groups in total. The van der Waals surface area contributed by atoms with E-state index in [2.05, 4.69) is 6.58 Å². The Morgan fingerprint density at radius 2 is 1.56 bits per heavy atom. The molecule has 0 bridgehead atoms. The number of carboxylic acids is 1. The molecule has 0 aliphatic carbocycles. The molecule has 1 unspecified atom stereocenters. The standard InChI is InChI=1S/C16H14O2/c1-2-15(16(17)18)14-10-8-13(9-11-14)12-6-4-3-5-7-12/h2-11,15H,1H2,(H,17,18). The minimum Gasteiger partial charge on any atom is -0.481 e. The van der Waals surface area contributed by atoms with Crippen molar-refractivity contribution in [1.82, 2.24) is 0 Å². The van der Waals surface area contributed by atoms with E-state index < -0.39 is 11.9 Å². The van der Waals surface area contributed by atoms with Crippen LogP contribution in [0.25, 0.3) is 11.1 Å². The van der Waals surface area contributed by atoms with E-state index in [4.69, 9.17) is 5.11 Å². The Hall–Kier alpha value is -2.35. The zero-order chi connectivity index (χ0) is 13.0. The fraction of sp³-hybridized carbons (Fsp3) is 0.0625. The molecule has 90 valence electrons. The molecule has 0 aromatic heterocycles. The Balaban J connectivity index is 2.31. The highest BCUT2D eigenvalue weighted by Gasteiger charge is 2.15. The zero-order valence-corrected chi connectivity index (χ0v) is 9.91. The number of hydrogen-bond donors (Lipinski definition) is 1. The van der Waals surface area contributed by atoms with Crippen LogP contribution in [-0.2, 0) is 4.79 Å². The van der Waals surface area contributed by atoms with E-state index in [1.807, 2.05) is 54.6 Å². The number of benzene rings is 2. The molecule has 2 nitrogen and oxygen atoms in total. The second-order valence-corrected chi connectivity index (χ2v) is 4.04. The van der Waals surface area contributed by atoms with Gasteiger partial charge in [0.1, 0.15) is 0 Å². The first-order chi connectivity index (χ1) is 8.72. The third kappa shape index (κ3) is 2.48. The van der Waals surface area contributed by atoms with Gasteiger partial charge in [0.25, 0.3) is 0 Å². The molecule has 0 fully saturated rings. The van der Waals surface area contributed by atoms with Crippen LogP contribution in [0.15, 0.2) is 67.3 Å². The van der Waals surface area contributed by atoms with Crippen molar-refractivity contribution >= 4 is 5.97 Å². The molecule has 2 aromatic rings. The topological polar surface area (TPSA) is 37.3 Å². The Kier molecular flexibility index (Phi) is 3.58. The van der Waals surface area contributed by atoms with Crippen LogP contribution in [0, 0.1) is 0 Å². The van der Waals surface area contributed by atoms with Gasteiger partial charge >= 0.3 is 5.97 Å². The van der Waals surface area contributed by atoms with Gasteiger partial charge in [0.2, 0.25) is 0 Å². The highest BCUT2D eigenvalue weighted by Crippen LogP contribution is 2.23. The van der Waals surface area contributed by atoms with Gasteiger partial charge in [-0.05, 0) is 16.7 Å². The maximum absolute atomic E-state index is 11.0. The lowest BCUT2D eigenvalue weighted by molar-refractivity contribution is -0.137. The van der Waals surface area contributed by atoms with Gasteiger partial charge in [-0.3, -0.25) is 4.79 Å². The first-order valence-corrected chi connectivity index (χ1v) is 5.73. The summed E-state index contributed by atoms with van der Waals surface area (Å²) in [5, 5.41) is 9.04. The van der Waals surface area contributed by atoms with Gasteiger partial charge in [-0.2, -0.15) is 0 Å². The van der Waals surface area contributed by atoms with Crippen molar-refractivity contribution in [3.8, 4) is 11.1 Å². The Labute approximate surface area is 106 Å². The highest BCUT2D eigenvalue weighted by molar-refractivity contribution is 5.78. The maximum atomic E-state index is 11.0. The lowest BCUT2D eigenvalue weighted by atomic mass is 9.96. The summed E-state index contributed by atoms with van der Waals surface area (Å²) in [7, 11) is 0. The minimum absolute atomic E-state index is 0.644. The van der Waals surface area contributed by atoms with Gasteiger partial charge < -0.3 is 5.11 Å². The molecule has 0 amide bonds. The fourth-order valence-electron chi connectivity index (χ4n) is 1.89. The van der Waals surface area contributed by atoms with Gasteiger partial charge in [-0.25, -0.2) is 0 Å². The molecule has 0 spiro atoms. The van der Waals surface area contributed by atoms with Crippen LogP contribution < -0.4 is 0 Å². The van der Waals surface area contributed by atoms with Crippen molar-refractivity contribution < 1.29 is 9.90 Å². The minimum atomic E-state index is -0.877. The van der Waals surface area contributed by atoms with Crippen molar-refractivity contribution in [3.63, 3.8) is 0 Å². The molecule has 0 saturated carbocycles. The normalized spacial score (nSPS) is 11.8. The molecule has 0 saturated heterocycles. The lowest BCUT2D eigenvalue weighted by Crippen LogP contribution is -2.08. The second-order valence-electron chi connectivity index (χ2n) is 4.04. The summed E-state index contributed by atoms with van der Waals surface area (Å²) >= 11 is 0. The molecule has 0 aliphatic heterocycles. The van der Waals surface area contributed by atoms with Gasteiger partial charge in [0.15, 0.2) is 0 Å². The van der Waals surface area contributed by atoms with Crippen molar-refractivity contribution in [2.75, 3.05) is 0 Å². The van der Waals surface area contributed by atoms with Gasteiger partial charge in [0.05, 0.1) is 5.92 Å². The summed E-state index contributed by atoms with van der Waals surface area (Å²) in [6.45, 7) is 3.56. The Morgan fingerprint density at radius 1 is 1.00 bits per heavy atom. The first-order valence-electron chi connectivity index (χ1n) is 5.73. The predicted molar refractivity (Wildman–Crippen MR) is 72.5 cm³/mol. The molecular weight excluding hydrogens is 224 g/mol. The summed E-state index contributed by atoms with van der Waals surface area (Å²) in [5.41, 5.74) is 2.94. The van der Waals surface area contributed by atoms with Crippen LogP contribution in [0.4, 0.5) is 0 Å². The van der Waals surface area contributed by atoms with Gasteiger partial charge in [-0.15, -0.1) is 6.58 Å². The molecule has 0 heterocycles. The van der Waals surface area contributed by atoms with Crippen LogP contribution in [0.3, 0.4) is 0 Å². The van der Waals surface area contributed by atoms with Crippen LogP contribution in [0.1, 0.15) is 11.5 Å². The summed E-state index contributed by atoms with van der Waals surface area (Å²) in [6.07, 6.45) is 1.44. The fourth-order valence-corrected chi connectivity index (χ4v) is 1.89. The smallest absolute Gasteiger partial charge is 0.314 e. The zero-order valence-electron chi connectivity index (χ0n) is 9.91. The summed E-state index contributed by atoms with van der Waals surface area (Å²) in [6, 6.07) is 17.5. The van der Waals surface area contributed by atoms with E-state index in [-0.39, 0.29) is 0 Å². The van der Waals surface area contributed by atoms with E-state index in [0.717, 1.165) is 16.7 Å². The maximum Gasteiger partial charge on any atom is 0.314 e. The van der Waals surface area contributed by atoms with E-state index >= 15 is 0 Å². The Bertz CT molecular complexity index is 541. The number of carboxylic acid groups (broad SMARTS) is 1. The quantitative estimate of drug-likeness (QED) is 0.824. The molecule has 2 heteroatoms. The third-order valence-electron chi connectivity index (χ3n) is 2.88. The SMILES string of the molecule is C=CC(C(=O)O)c1ccc(-c2ccccc2)cc1. The molecular formula is C16H14O2. The van der Waals surface area contributed by atoms with Crippen LogP contribution in [0.2, 0.25) is 0 Å². The molecule has 2 rings (SSSR count). The van der Waals surface area contributed by atoms with Gasteiger partial charge in [-0.1, -0.05) is 60.7 Å². The molecule has 2 aromatic carbocycles. The van der Waals surface area contributed by atoms with E-state index in [1.54, 1.807) is 0 Å². The van der Waals surface area contributed by atoms with Crippen LogP contribution >= 0.6 is 0 Å². The highest BCUT2D eigenvalue weighted by atomic mass is 16.4. The van der Waals surface area contributed by atoms with Crippen molar-refractivity contribution in [2.24, 2.45) is 0 Å². The lowest BCUT2D eigenvalue weighted by Gasteiger charge is -2.08. The molecule has 1 atom stereocenters. The monoisotopic (exact) mass is 238 g/mol. The predicted octanol–water partition coefficient (Wildman–Crippen LogP) is 3.71. The van der Waals surface area contributed by atoms with Crippen molar-refractivity contribution in [1.29, 1.82) is 0 Å². The van der Waals surface area contributed by atoms with Crippen molar-refractivity contribution in [2.45, 2.75) is 5.92 Å². The number of hydrogen-bond acceptors (Lipinski definition) is 1. The molecule has 18 heavy (non-hydrogen) atoms. The Morgan fingerprint density at radius 3 is 2.06 bits per heavy atom. The number of aliphatic carboxylic acids is 1. The van der Waals surface area contributed by atoms with E-state index in [1.165, 1.54) is 6.08 Å². The van der Waals surface area contributed by atoms with Crippen LogP contribution in [-0.4, -0.2) is 11.1 Å². The largest absolute Gasteiger partial charge is 0.481 e. The van der Waals surface area contributed by atoms with E-state index in [0.29, 0.717) is 0 Å². The third-order valence-corrected chi connectivity index (χ3v) is 2.88. The number of rotatable bonds is 4. The van der Waals surface area contributed by atoms with Crippen molar-refractivity contribution in [3.05, 3.63) is 72.8 Å². The number of carbonyl (C=O) groups is 1. The van der Waals surface area contributed by atoms with E-state index in [9.17, 15) is 4.79 Å².